The van der Waals surface area contributed by atoms with Crippen molar-refractivity contribution in [1.29, 1.82) is 0 Å². The summed E-state index contributed by atoms with van der Waals surface area (Å²) < 4.78 is 0. The van der Waals surface area contributed by atoms with Crippen LogP contribution in [0.5, 0.6) is 0 Å². The predicted molar refractivity (Wildman–Crippen MR) is 108 cm³/mol. The Hall–Kier alpha value is -1.65. The van der Waals surface area contributed by atoms with Crippen LogP contribution in [0.2, 0.25) is 0 Å². The van der Waals surface area contributed by atoms with E-state index in [0.717, 1.165) is 50.9 Å². The number of likely N-dealkylation sites (tertiary alicyclic amines) is 1. The Labute approximate surface area is 160 Å². The van der Waals surface area contributed by atoms with Crippen LogP contribution in [0.3, 0.4) is 0 Å². The summed E-state index contributed by atoms with van der Waals surface area (Å²) in [4.78, 5) is 19.0. The van der Waals surface area contributed by atoms with Crippen molar-refractivity contribution in [2.24, 2.45) is 0 Å². The van der Waals surface area contributed by atoms with Crippen molar-refractivity contribution >= 4 is 17.2 Å². The molecule has 3 nitrogen and oxygen atoms in total. The highest BCUT2D eigenvalue weighted by Gasteiger charge is 2.29. The van der Waals surface area contributed by atoms with Crippen LogP contribution in [0.1, 0.15) is 52.5 Å². The maximum Gasteiger partial charge on any atom is 0.253 e. The Balaban J connectivity index is 1.32. The number of carbonyl (C=O) groups excluding carboxylic acids is 1. The number of fused-ring (bicyclic) bond motifs is 1. The lowest BCUT2D eigenvalue weighted by Gasteiger charge is -2.40. The van der Waals surface area contributed by atoms with Crippen LogP contribution in [0.25, 0.3) is 0 Å². The molecule has 1 aromatic heterocycles. The summed E-state index contributed by atoms with van der Waals surface area (Å²) in [5.74, 6) is 0.199. The molecule has 2 aliphatic heterocycles. The molecule has 0 spiro atoms. The molecule has 2 aliphatic rings. The Bertz CT molecular complexity index is 744. The van der Waals surface area contributed by atoms with Gasteiger partial charge in [0.15, 0.2) is 0 Å². The third-order valence-electron chi connectivity index (χ3n) is 5.84. The van der Waals surface area contributed by atoms with E-state index in [-0.39, 0.29) is 5.91 Å². The van der Waals surface area contributed by atoms with E-state index < -0.39 is 0 Å². The van der Waals surface area contributed by atoms with Crippen molar-refractivity contribution in [3.63, 3.8) is 0 Å². The second kappa shape index (κ2) is 7.93. The second-order valence-corrected chi connectivity index (χ2v) is 8.56. The van der Waals surface area contributed by atoms with Crippen LogP contribution in [0, 0.1) is 0 Å². The highest BCUT2D eigenvalue weighted by molar-refractivity contribution is 7.10. The summed E-state index contributed by atoms with van der Waals surface area (Å²) in [7, 11) is 0. The fourth-order valence-corrected chi connectivity index (χ4v) is 5.19. The van der Waals surface area contributed by atoms with Crippen molar-refractivity contribution in [1.82, 2.24) is 9.80 Å². The molecule has 0 bridgehead atoms. The quantitative estimate of drug-likeness (QED) is 0.800. The zero-order chi connectivity index (χ0) is 17.9. The molecular weight excluding hydrogens is 340 g/mol. The summed E-state index contributed by atoms with van der Waals surface area (Å²) in [6.45, 7) is 6.21. The van der Waals surface area contributed by atoms with Gasteiger partial charge in [-0.25, -0.2) is 0 Å². The lowest BCUT2D eigenvalue weighted by Crippen LogP contribution is -2.47. The molecule has 26 heavy (non-hydrogen) atoms. The summed E-state index contributed by atoms with van der Waals surface area (Å²) in [5, 5.41) is 2.22. The van der Waals surface area contributed by atoms with E-state index in [2.05, 4.69) is 35.4 Å². The average Bonchev–Trinajstić information content (AvgIpc) is 3.16. The SMILES string of the molecule is CCCc1ccc(C(=O)N2CCC(N3CCc4sccc4C3)CC2)cc1. The number of benzene rings is 1. The summed E-state index contributed by atoms with van der Waals surface area (Å²) >= 11 is 1.90. The molecule has 2 aromatic rings. The van der Waals surface area contributed by atoms with Gasteiger partial charge in [-0.1, -0.05) is 25.5 Å². The van der Waals surface area contributed by atoms with Gasteiger partial charge in [-0.3, -0.25) is 9.69 Å². The number of thiophene rings is 1. The summed E-state index contributed by atoms with van der Waals surface area (Å²) in [6, 6.07) is 11.1. The molecule has 0 N–H and O–H groups in total. The fraction of sp³-hybridized carbons (Fsp3) is 0.500. The van der Waals surface area contributed by atoms with Gasteiger partial charge in [0.25, 0.3) is 5.91 Å². The zero-order valence-corrected chi connectivity index (χ0v) is 16.4. The first-order valence-corrected chi connectivity index (χ1v) is 10.8. The Kier molecular flexibility index (Phi) is 5.41. The molecule has 138 valence electrons. The van der Waals surface area contributed by atoms with Gasteiger partial charge in [-0.2, -0.15) is 0 Å². The molecule has 1 aromatic carbocycles. The molecular formula is C22H28N2OS. The highest BCUT2D eigenvalue weighted by Crippen LogP contribution is 2.28. The van der Waals surface area contributed by atoms with E-state index in [4.69, 9.17) is 0 Å². The maximum absolute atomic E-state index is 12.8. The zero-order valence-electron chi connectivity index (χ0n) is 15.6. The van der Waals surface area contributed by atoms with E-state index in [9.17, 15) is 4.79 Å². The van der Waals surface area contributed by atoms with Crippen LogP contribution in [-0.2, 0) is 19.4 Å². The number of rotatable bonds is 4. The number of hydrogen-bond acceptors (Lipinski definition) is 3. The molecule has 0 radical (unpaired) electrons. The van der Waals surface area contributed by atoms with Crippen LogP contribution in [-0.4, -0.2) is 41.4 Å². The smallest absolute Gasteiger partial charge is 0.253 e. The first kappa shape index (κ1) is 17.7. The molecule has 1 saturated heterocycles. The molecule has 1 fully saturated rings. The van der Waals surface area contributed by atoms with Crippen LogP contribution < -0.4 is 0 Å². The van der Waals surface area contributed by atoms with E-state index in [1.165, 1.54) is 24.1 Å². The maximum atomic E-state index is 12.8. The average molecular weight is 369 g/mol. The number of aryl methyl sites for hydroxylation is 1. The number of carbonyl (C=O) groups is 1. The van der Waals surface area contributed by atoms with Crippen LogP contribution >= 0.6 is 11.3 Å². The van der Waals surface area contributed by atoms with Gasteiger partial charge in [-0.05, 0) is 60.4 Å². The Morgan fingerprint density at radius 2 is 1.88 bits per heavy atom. The van der Waals surface area contributed by atoms with Gasteiger partial charge in [0, 0.05) is 42.7 Å². The third kappa shape index (κ3) is 3.72. The Morgan fingerprint density at radius 3 is 2.62 bits per heavy atom. The first-order chi connectivity index (χ1) is 12.7. The van der Waals surface area contributed by atoms with Gasteiger partial charge < -0.3 is 4.90 Å². The summed E-state index contributed by atoms with van der Waals surface area (Å²) in [6.07, 6.45) is 5.61. The monoisotopic (exact) mass is 368 g/mol. The van der Waals surface area contributed by atoms with E-state index in [1.54, 1.807) is 4.88 Å². The Morgan fingerprint density at radius 1 is 1.12 bits per heavy atom. The van der Waals surface area contributed by atoms with Crippen molar-refractivity contribution in [2.75, 3.05) is 19.6 Å². The number of nitrogens with zero attached hydrogens (tertiary/aromatic N) is 2. The minimum absolute atomic E-state index is 0.199. The van der Waals surface area contributed by atoms with Crippen molar-refractivity contribution in [3.05, 3.63) is 57.3 Å². The molecule has 0 unspecified atom stereocenters. The molecule has 0 aliphatic carbocycles. The fourth-order valence-electron chi connectivity index (χ4n) is 4.30. The van der Waals surface area contributed by atoms with Crippen molar-refractivity contribution in [2.45, 2.75) is 51.6 Å². The number of hydrogen-bond donors (Lipinski definition) is 0. The molecule has 1 amide bonds. The largest absolute Gasteiger partial charge is 0.339 e. The standard InChI is InChI=1S/C22H28N2OS/c1-2-3-17-4-6-18(7-5-17)22(25)23-12-8-20(9-13-23)24-14-10-21-19(16-24)11-15-26-21/h4-7,11,15,20H,2-3,8-10,12-14,16H2,1H3. The summed E-state index contributed by atoms with van der Waals surface area (Å²) in [5.41, 5.74) is 3.68. The van der Waals surface area contributed by atoms with E-state index in [0.29, 0.717) is 6.04 Å². The number of amides is 1. The van der Waals surface area contributed by atoms with Crippen LogP contribution in [0.4, 0.5) is 0 Å². The van der Waals surface area contributed by atoms with Crippen LogP contribution in [0.15, 0.2) is 35.7 Å². The minimum Gasteiger partial charge on any atom is -0.339 e. The highest BCUT2D eigenvalue weighted by atomic mass is 32.1. The van der Waals surface area contributed by atoms with Crippen molar-refractivity contribution < 1.29 is 4.79 Å². The topological polar surface area (TPSA) is 23.6 Å². The lowest BCUT2D eigenvalue weighted by molar-refractivity contribution is 0.0600. The van der Waals surface area contributed by atoms with E-state index >= 15 is 0 Å². The molecule has 4 heteroatoms. The molecule has 0 saturated carbocycles. The lowest BCUT2D eigenvalue weighted by atomic mass is 9.99. The van der Waals surface area contributed by atoms with Gasteiger partial charge in [0.05, 0.1) is 0 Å². The third-order valence-corrected chi connectivity index (χ3v) is 6.87. The molecule has 0 atom stereocenters. The number of piperidine rings is 1. The minimum atomic E-state index is 0.199. The first-order valence-electron chi connectivity index (χ1n) is 9.92. The van der Waals surface area contributed by atoms with E-state index in [1.807, 2.05) is 28.4 Å². The van der Waals surface area contributed by atoms with Gasteiger partial charge in [0.1, 0.15) is 0 Å². The normalized spacial score (nSPS) is 18.7. The van der Waals surface area contributed by atoms with Crippen molar-refractivity contribution in [3.8, 4) is 0 Å². The molecule has 4 rings (SSSR count). The molecule has 3 heterocycles. The van der Waals surface area contributed by atoms with Gasteiger partial charge in [-0.15, -0.1) is 11.3 Å². The predicted octanol–water partition coefficient (Wildman–Crippen LogP) is 4.36. The van der Waals surface area contributed by atoms with Gasteiger partial charge >= 0.3 is 0 Å². The van der Waals surface area contributed by atoms with Gasteiger partial charge in [0.2, 0.25) is 0 Å². The second-order valence-electron chi connectivity index (χ2n) is 7.56.